The smallest absolute Gasteiger partial charge is 0.260 e. The predicted molar refractivity (Wildman–Crippen MR) is 138 cm³/mol. The molecule has 2 aromatic carbocycles. The highest BCUT2D eigenvalue weighted by Crippen LogP contribution is 2.28. The highest BCUT2D eigenvalue weighted by Gasteiger charge is 2.21. The van der Waals surface area contributed by atoms with Gasteiger partial charge in [-0.15, -0.1) is 0 Å². The van der Waals surface area contributed by atoms with Crippen LogP contribution in [0.3, 0.4) is 0 Å². The predicted octanol–water partition coefficient (Wildman–Crippen LogP) is 3.48. The van der Waals surface area contributed by atoms with Crippen molar-refractivity contribution in [3.63, 3.8) is 0 Å². The fourth-order valence-electron chi connectivity index (χ4n) is 4.61. The molecule has 8 heteroatoms. The molecule has 0 aliphatic carbocycles. The van der Waals surface area contributed by atoms with Crippen LogP contribution in [0.15, 0.2) is 53.3 Å². The van der Waals surface area contributed by atoms with Gasteiger partial charge in [0.1, 0.15) is 11.6 Å². The van der Waals surface area contributed by atoms with Gasteiger partial charge in [-0.25, -0.2) is 4.39 Å². The van der Waals surface area contributed by atoms with Crippen LogP contribution in [0.4, 0.5) is 4.39 Å². The van der Waals surface area contributed by atoms with E-state index in [1.807, 2.05) is 30.9 Å². The van der Waals surface area contributed by atoms with Crippen molar-refractivity contribution in [1.29, 1.82) is 0 Å². The summed E-state index contributed by atoms with van der Waals surface area (Å²) in [7, 11) is 1.69. The maximum atomic E-state index is 13.8. The molecule has 1 amide bonds. The summed E-state index contributed by atoms with van der Waals surface area (Å²) in [4.78, 5) is 29.9. The van der Waals surface area contributed by atoms with E-state index < -0.39 is 0 Å². The van der Waals surface area contributed by atoms with Gasteiger partial charge in [-0.1, -0.05) is 26.0 Å². The number of rotatable bonds is 9. The molecule has 1 aliphatic rings. The van der Waals surface area contributed by atoms with Crippen LogP contribution in [0.25, 0.3) is 10.9 Å². The number of carbonyl (C=O) groups is 1. The Morgan fingerprint density at radius 2 is 1.83 bits per heavy atom. The van der Waals surface area contributed by atoms with Crippen LogP contribution in [0.2, 0.25) is 0 Å². The number of pyridine rings is 1. The molecule has 0 bridgehead atoms. The van der Waals surface area contributed by atoms with Gasteiger partial charge in [0.2, 0.25) is 0 Å². The Morgan fingerprint density at radius 3 is 2.53 bits per heavy atom. The number of methoxy groups -OCH3 is 1. The van der Waals surface area contributed by atoms with Crippen LogP contribution >= 0.6 is 0 Å². The molecule has 0 atom stereocenters. The first kappa shape index (κ1) is 25.9. The molecule has 36 heavy (non-hydrogen) atoms. The van der Waals surface area contributed by atoms with Gasteiger partial charge in [0.25, 0.3) is 11.5 Å². The maximum absolute atomic E-state index is 13.8. The summed E-state index contributed by atoms with van der Waals surface area (Å²) in [6, 6.07) is 13.5. The quantitative estimate of drug-likeness (QED) is 0.455. The number of hydrogen-bond acceptors (Lipinski definition) is 5. The Hall–Kier alpha value is -3.23. The molecule has 1 saturated heterocycles. The molecule has 0 unspecified atom stereocenters. The summed E-state index contributed by atoms with van der Waals surface area (Å²) in [5.41, 5.74) is 2.18. The molecule has 1 aromatic heterocycles. The Morgan fingerprint density at radius 1 is 1.06 bits per heavy atom. The van der Waals surface area contributed by atoms with E-state index in [1.165, 1.54) is 12.1 Å². The lowest BCUT2D eigenvalue weighted by Crippen LogP contribution is -2.50. The fourth-order valence-corrected chi connectivity index (χ4v) is 4.61. The zero-order chi connectivity index (χ0) is 25.7. The number of carbonyl (C=O) groups excluding carboxylic acids is 1. The van der Waals surface area contributed by atoms with Crippen LogP contribution in [-0.2, 0) is 16.1 Å². The molecule has 1 aliphatic heterocycles. The molecule has 7 nitrogen and oxygen atoms in total. The normalized spacial score (nSPS) is 14.5. The molecule has 1 fully saturated rings. The van der Waals surface area contributed by atoms with Crippen molar-refractivity contribution in [3.05, 3.63) is 75.8 Å². The average molecular weight is 496 g/mol. The Bertz CT molecular complexity index is 1270. The molecule has 192 valence electrons. The van der Waals surface area contributed by atoms with Gasteiger partial charge in [-0.2, -0.15) is 0 Å². The Kier molecular flexibility index (Phi) is 8.38. The molecular formula is C28H34FN3O4. The van der Waals surface area contributed by atoms with Gasteiger partial charge in [0.15, 0.2) is 6.61 Å². The number of halogens is 1. The van der Waals surface area contributed by atoms with Crippen molar-refractivity contribution in [3.8, 4) is 5.75 Å². The van der Waals surface area contributed by atoms with Gasteiger partial charge in [0.05, 0.1) is 18.7 Å². The third kappa shape index (κ3) is 6.12. The van der Waals surface area contributed by atoms with Crippen molar-refractivity contribution in [2.24, 2.45) is 0 Å². The first-order chi connectivity index (χ1) is 17.4. The van der Waals surface area contributed by atoms with Crippen LogP contribution in [0.5, 0.6) is 5.75 Å². The number of hydrogen-bond donors (Lipinski definition) is 0. The van der Waals surface area contributed by atoms with E-state index in [-0.39, 0.29) is 36.4 Å². The molecule has 3 aromatic rings. The highest BCUT2D eigenvalue weighted by molar-refractivity contribution is 5.85. The first-order valence-electron chi connectivity index (χ1n) is 12.4. The molecule has 0 spiro atoms. The number of amides is 1. The minimum atomic E-state index is -0.342. The number of fused-ring (bicyclic) bond motifs is 1. The number of piperazine rings is 1. The van der Waals surface area contributed by atoms with E-state index in [4.69, 9.17) is 9.47 Å². The van der Waals surface area contributed by atoms with E-state index in [0.717, 1.165) is 30.6 Å². The van der Waals surface area contributed by atoms with E-state index in [9.17, 15) is 14.0 Å². The van der Waals surface area contributed by atoms with Crippen molar-refractivity contribution < 1.29 is 18.7 Å². The van der Waals surface area contributed by atoms with E-state index in [2.05, 4.69) is 4.90 Å². The van der Waals surface area contributed by atoms with Crippen molar-refractivity contribution in [1.82, 2.24) is 14.4 Å². The van der Waals surface area contributed by atoms with E-state index in [1.54, 1.807) is 35.9 Å². The topological polar surface area (TPSA) is 64.0 Å². The van der Waals surface area contributed by atoms with Gasteiger partial charge < -0.3 is 18.9 Å². The van der Waals surface area contributed by atoms with Crippen LogP contribution in [0, 0.1) is 5.82 Å². The lowest BCUT2D eigenvalue weighted by atomic mass is 9.98. The minimum absolute atomic E-state index is 0.0606. The number of ether oxygens (including phenoxy) is 2. The maximum Gasteiger partial charge on any atom is 0.260 e. The largest absolute Gasteiger partial charge is 0.484 e. The molecular weight excluding hydrogens is 461 g/mol. The van der Waals surface area contributed by atoms with Crippen LogP contribution < -0.4 is 10.3 Å². The minimum Gasteiger partial charge on any atom is -0.484 e. The van der Waals surface area contributed by atoms with E-state index in [0.29, 0.717) is 36.5 Å². The van der Waals surface area contributed by atoms with Gasteiger partial charge >= 0.3 is 0 Å². The van der Waals surface area contributed by atoms with Crippen LogP contribution in [-0.4, -0.2) is 73.3 Å². The highest BCUT2D eigenvalue weighted by atomic mass is 19.1. The third-order valence-electron chi connectivity index (χ3n) is 6.67. The van der Waals surface area contributed by atoms with Crippen LogP contribution in [0.1, 0.15) is 30.9 Å². The number of nitrogens with zero attached hydrogens (tertiary/aromatic N) is 3. The van der Waals surface area contributed by atoms with Crippen molar-refractivity contribution in [2.45, 2.75) is 26.3 Å². The lowest BCUT2D eigenvalue weighted by Gasteiger charge is -2.34. The Labute approximate surface area is 211 Å². The molecule has 0 N–H and O–H groups in total. The lowest BCUT2D eigenvalue weighted by molar-refractivity contribution is -0.135. The van der Waals surface area contributed by atoms with Gasteiger partial charge in [0, 0.05) is 57.4 Å². The average Bonchev–Trinajstić information content (AvgIpc) is 2.87. The summed E-state index contributed by atoms with van der Waals surface area (Å²) in [6.45, 7) is 8.76. The molecule has 0 radical (unpaired) electrons. The molecule has 4 rings (SSSR count). The summed E-state index contributed by atoms with van der Waals surface area (Å²) >= 11 is 0. The second-order valence-electron chi connectivity index (χ2n) is 9.49. The summed E-state index contributed by atoms with van der Waals surface area (Å²) in [5, 5.41) is 0.937. The Balaban J connectivity index is 1.53. The number of aromatic nitrogens is 1. The van der Waals surface area contributed by atoms with Crippen molar-refractivity contribution >= 4 is 16.8 Å². The third-order valence-corrected chi connectivity index (χ3v) is 6.67. The number of benzene rings is 2. The summed E-state index contributed by atoms with van der Waals surface area (Å²) in [5.74, 6) is 0.267. The zero-order valence-electron chi connectivity index (χ0n) is 21.2. The summed E-state index contributed by atoms with van der Waals surface area (Å²) in [6.07, 6.45) is 0. The molecule has 2 heterocycles. The molecule has 0 saturated carbocycles. The zero-order valence-corrected chi connectivity index (χ0v) is 21.2. The standard InChI is InChI=1S/C28H34FN3O4/c1-20(2)25-17-27(33)32(18-21-5-4-6-22(29)15-21)26-16-23(7-8-24(25)26)36-19-28(34)31-11-9-30(10-12-31)13-14-35-3/h4-8,15-17,20H,9-14,18-19H2,1-3H3. The van der Waals surface area contributed by atoms with Gasteiger partial charge in [-0.3, -0.25) is 14.5 Å². The fraction of sp³-hybridized carbons (Fsp3) is 0.429. The SMILES string of the molecule is COCCN1CCN(C(=O)COc2ccc3c(C(C)C)cc(=O)n(Cc4cccc(F)c4)c3c2)CC1. The van der Waals surface area contributed by atoms with E-state index >= 15 is 0 Å². The van der Waals surface area contributed by atoms with Gasteiger partial charge in [-0.05, 0) is 41.3 Å². The summed E-state index contributed by atoms with van der Waals surface area (Å²) < 4.78 is 26.4. The first-order valence-corrected chi connectivity index (χ1v) is 12.4. The second-order valence-corrected chi connectivity index (χ2v) is 9.49. The van der Waals surface area contributed by atoms with Crippen molar-refractivity contribution in [2.75, 3.05) is 53.0 Å². The monoisotopic (exact) mass is 495 g/mol. The second kappa shape index (κ2) is 11.7.